The van der Waals surface area contributed by atoms with Crippen molar-refractivity contribution in [3.8, 4) is 0 Å². The molecular weight excluding hydrogens is 1000 g/mol. The van der Waals surface area contributed by atoms with Crippen LogP contribution in [0.1, 0.15) is 38.5 Å². The molecule has 3 heterocycles. The van der Waals surface area contributed by atoms with Gasteiger partial charge in [-0.3, -0.25) is 0 Å². The fraction of sp³-hybridized carbons (Fsp3) is 0.854. The molecule has 428 valence electrons. The number of hydrogen-bond donors (Lipinski definition) is 23. The lowest BCUT2D eigenvalue weighted by Gasteiger charge is -2.46. The third-order valence-electron chi connectivity index (χ3n) is 11.5. The maximum Gasteiger partial charge on any atom is 0.259 e. The summed E-state index contributed by atoms with van der Waals surface area (Å²) in [5.74, 6) is -8.52. The number of hydrogen-bond acceptors (Lipinski definition) is 32. The van der Waals surface area contributed by atoms with E-state index in [1.165, 1.54) is 0 Å². The summed E-state index contributed by atoms with van der Waals surface area (Å²) < 4.78 is 48.5. The standard InChI is InChI=1S/C41H73NO31/c42-7-2-1-3-11-65-39-28(59)35(24(55)18(12-46)66-39)73-41-30(61)34(23(54)20(14-48)68-41)71-38(64)27(58)32(17(51)6-10-45)72-40-29(60)33(22(53)19(13-47)67-40)70-37(63)26(57)31(16(50)5-9-44)69-36(62)25(56)21(52)15(49)4-8-43/h15-20,22-24,28-30,33-41,43-64H,1-14,42H2/b25-21+,31-26+,32-27+/t15?,16-,17-,18?,19?,20?,22?,23?,24-,28?,29?,30?,33?,34?,35?,36?,37-,38-,39+,40?,41?/m0/s1. The predicted molar refractivity (Wildman–Crippen MR) is 232 cm³/mol. The number of aliphatic hydroxyl groups is 22. The molecule has 3 fully saturated rings. The molecule has 3 saturated heterocycles. The molecule has 0 aliphatic carbocycles. The van der Waals surface area contributed by atoms with Crippen LogP contribution >= 0.6 is 0 Å². The summed E-state index contributed by atoms with van der Waals surface area (Å²) in [7, 11) is 0. The minimum atomic E-state index is -2.85. The van der Waals surface area contributed by atoms with Gasteiger partial charge in [-0.25, -0.2) is 0 Å². The van der Waals surface area contributed by atoms with Gasteiger partial charge in [-0.05, 0) is 25.8 Å². The first-order valence-corrected chi connectivity index (χ1v) is 23.0. The Balaban J connectivity index is 1.93. The number of ether oxygens (including phenoxy) is 9. The van der Waals surface area contributed by atoms with Crippen LogP contribution in [0.25, 0.3) is 0 Å². The summed E-state index contributed by atoms with van der Waals surface area (Å²) in [5, 5.41) is 231. The van der Waals surface area contributed by atoms with Crippen LogP contribution in [-0.4, -0.2) is 294 Å². The van der Waals surface area contributed by atoms with E-state index in [1.54, 1.807) is 0 Å². The molecule has 0 aromatic rings. The highest BCUT2D eigenvalue weighted by Crippen LogP contribution is 2.34. The summed E-state index contributed by atoms with van der Waals surface area (Å²) in [4.78, 5) is 0. The zero-order chi connectivity index (χ0) is 54.9. The lowest BCUT2D eigenvalue weighted by Crippen LogP contribution is -2.65. The zero-order valence-corrected chi connectivity index (χ0v) is 39.1. The molecule has 0 radical (unpaired) electrons. The van der Waals surface area contributed by atoms with Gasteiger partial charge in [0, 0.05) is 45.7 Å². The third-order valence-corrected chi connectivity index (χ3v) is 11.5. The first kappa shape index (κ1) is 64.3. The lowest BCUT2D eigenvalue weighted by molar-refractivity contribution is -0.367. The molecule has 0 bridgehead atoms. The molecule has 73 heavy (non-hydrogen) atoms. The Kier molecular flexibility index (Phi) is 27.5. The van der Waals surface area contributed by atoms with Crippen LogP contribution in [0.15, 0.2) is 34.6 Å². The van der Waals surface area contributed by atoms with Gasteiger partial charge in [0.05, 0.1) is 19.8 Å². The van der Waals surface area contributed by atoms with E-state index in [2.05, 4.69) is 0 Å². The molecule has 0 aromatic carbocycles. The molecule has 3 aliphatic rings. The molecule has 0 saturated carbocycles. The Morgan fingerprint density at radius 3 is 1.37 bits per heavy atom. The average Bonchev–Trinajstić information content (AvgIpc) is 3.36. The summed E-state index contributed by atoms with van der Waals surface area (Å²) >= 11 is 0. The fourth-order valence-corrected chi connectivity index (χ4v) is 7.42. The molecule has 24 N–H and O–H groups in total. The van der Waals surface area contributed by atoms with E-state index < -0.39 is 223 Å². The summed E-state index contributed by atoms with van der Waals surface area (Å²) in [5.41, 5.74) is 5.50. The Morgan fingerprint density at radius 1 is 0.452 bits per heavy atom. The molecule has 15 unspecified atom stereocenters. The molecule has 0 aromatic heterocycles. The Morgan fingerprint density at radius 2 is 0.877 bits per heavy atom. The zero-order valence-electron chi connectivity index (χ0n) is 39.1. The first-order valence-electron chi connectivity index (χ1n) is 23.0. The topological polar surface area (TPSA) is 554 Å². The average molecular weight is 1080 g/mol. The normalized spacial score (nSPS) is 34.6. The monoisotopic (exact) mass is 1080 g/mol. The molecular formula is C41H73NO31. The van der Waals surface area contributed by atoms with Crippen LogP contribution in [0, 0.1) is 0 Å². The van der Waals surface area contributed by atoms with Crippen LogP contribution in [0.4, 0.5) is 0 Å². The quantitative estimate of drug-likeness (QED) is 0.0174. The van der Waals surface area contributed by atoms with Gasteiger partial charge in [0.2, 0.25) is 24.6 Å². The molecule has 0 spiro atoms. The van der Waals surface area contributed by atoms with Crippen LogP contribution in [-0.2, 0) is 42.6 Å². The molecule has 3 aliphatic heterocycles. The van der Waals surface area contributed by atoms with Crippen LogP contribution < -0.4 is 5.73 Å². The molecule has 32 heteroatoms. The number of nitrogens with two attached hydrogens (primary N) is 1. The largest absolute Gasteiger partial charge is 0.506 e. The van der Waals surface area contributed by atoms with Crippen molar-refractivity contribution in [2.45, 2.75) is 168 Å². The van der Waals surface area contributed by atoms with Gasteiger partial charge in [0.15, 0.2) is 41.4 Å². The second kappa shape index (κ2) is 31.3. The van der Waals surface area contributed by atoms with Crippen molar-refractivity contribution in [2.24, 2.45) is 5.73 Å². The van der Waals surface area contributed by atoms with Crippen molar-refractivity contribution >= 4 is 0 Å². The Labute approximate surface area is 415 Å². The minimum absolute atomic E-state index is 0.0344. The second-order valence-corrected chi connectivity index (χ2v) is 16.8. The van der Waals surface area contributed by atoms with E-state index in [-0.39, 0.29) is 6.61 Å². The van der Waals surface area contributed by atoms with Crippen LogP contribution in [0.2, 0.25) is 0 Å². The van der Waals surface area contributed by atoms with E-state index in [0.29, 0.717) is 25.8 Å². The van der Waals surface area contributed by atoms with Crippen molar-refractivity contribution in [3.05, 3.63) is 34.6 Å². The molecule has 32 nitrogen and oxygen atoms in total. The Hall–Kier alpha value is -3.02. The summed E-state index contributed by atoms with van der Waals surface area (Å²) in [6, 6.07) is 0. The summed E-state index contributed by atoms with van der Waals surface area (Å²) in [6.07, 6.45) is -44.9. The SMILES string of the molecule is NCCCCCO[C@@H]1OC(CO)[C@H](O)C(OC2OC(CO)C(O)C(O[C@H](O)/C(O)=C(\OC3OC(CO)C(O)C(O[C@H](O)/C(O)=C(\OC(O)/C(O)=C(\O)C(O)CCO)[C@@H](O)CCO)C3O)[C@@H](O)CCO)C2O)C1O. The molecule has 0 amide bonds. The van der Waals surface area contributed by atoms with Crippen molar-refractivity contribution in [2.75, 3.05) is 52.8 Å². The van der Waals surface area contributed by atoms with Gasteiger partial charge >= 0.3 is 0 Å². The first-order chi connectivity index (χ1) is 34.6. The number of unbranched alkanes of at least 4 members (excludes halogenated alkanes) is 2. The number of rotatable bonds is 31. The van der Waals surface area contributed by atoms with Gasteiger partial charge in [0.25, 0.3) is 6.29 Å². The van der Waals surface area contributed by atoms with Crippen molar-refractivity contribution < 1.29 is 155 Å². The highest BCUT2D eigenvalue weighted by atomic mass is 16.8. The van der Waals surface area contributed by atoms with Gasteiger partial charge < -0.3 is 161 Å². The van der Waals surface area contributed by atoms with E-state index in [4.69, 9.17) is 53.5 Å². The minimum Gasteiger partial charge on any atom is -0.506 e. The van der Waals surface area contributed by atoms with E-state index in [0.717, 1.165) is 0 Å². The lowest BCUT2D eigenvalue weighted by atomic mass is 9.96. The summed E-state index contributed by atoms with van der Waals surface area (Å²) in [6.45, 7) is -4.99. The van der Waals surface area contributed by atoms with Gasteiger partial charge in [0.1, 0.15) is 91.6 Å². The highest BCUT2D eigenvalue weighted by Gasteiger charge is 2.53. The third kappa shape index (κ3) is 17.0. The van der Waals surface area contributed by atoms with E-state index >= 15 is 0 Å². The van der Waals surface area contributed by atoms with Gasteiger partial charge in [-0.1, -0.05) is 0 Å². The van der Waals surface area contributed by atoms with E-state index in [9.17, 15) is 107 Å². The van der Waals surface area contributed by atoms with Crippen molar-refractivity contribution in [3.63, 3.8) is 0 Å². The van der Waals surface area contributed by atoms with Gasteiger partial charge in [-0.15, -0.1) is 0 Å². The fourth-order valence-electron chi connectivity index (χ4n) is 7.42. The van der Waals surface area contributed by atoms with Gasteiger partial charge in [-0.2, -0.15) is 0 Å². The van der Waals surface area contributed by atoms with Crippen LogP contribution in [0.3, 0.4) is 0 Å². The maximum absolute atomic E-state index is 11.4. The van der Waals surface area contributed by atoms with Crippen molar-refractivity contribution in [1.29, 1.82) is 0 Å². The Bertz CT molecular complexity index is 1700. The highest BCUT2D eigenvalue weighted by molar-refractivity contribution is 5.13. The van der Waals surface area contributed by atoms with E-state index in [1.807, 2.05) is 0 Å². The second-order valence-electron chi connectivity index (χ2n) is 16.8. The van der Waals surface area contributed by atoms with Crippen molar-refractivity contribution in [1.82, 2.24) is 0 Å². The van der Waals surface area contributed by atoms with Crippen LogP contribution in [0.5, 0.6) is 0 Å². The predicted octanol–water partition coefficient (Wildman–Crippen LogP) is -9.31. The maximum atomic E-state index is 11.4. The molecule has 21 atom stereocenters. The number of aliphatic hydroxyl groups excluding tert-OH is 22. The smallest absolute Gasteiger partial charge is 0.259 e. The molecule has 3 rings (SSSR count).